The van der Waals surface area contributed by atoms with Crippen LogP contribution in [0.3, 0.4) is 0 Å². The smallest absolute Gasteiger partial charge is 0.374 e. The van der Waals surface area contributed by atoms with Crippen molar-refractivity contribution in [2.24, 2.45) is 5.16 Å². The summed E-state index contributed by atoms with van der Waals surface area (Å²) < 4.78 is 42.3. The predicted octanol–water partition coefficient (Wildman–Crippen LogP) is 6.64. The third-order valence-electron chi connectivity index (χ3n) is 5.99. The normalized spacial score (nSPS) is 21.7. The van der Waals surface area contributed by atoms with Crippen molar-refractivity contribution < 1.29 is 22.8 Å². The minimum atomic E-state index is -4.74. The second kappa shape index (κ2) is 8.94. The third-order valence-corrected chi connectivity index (χ3v) is 6.73. The van der Waals surface area contributed by atoms with Gasteiger partial charge in [0.25, 0.3) is 11.5 Å². The summed E-state index contributed by atoms with van der Waals surface area (Å²) >= 11 is 11.8. The van der Waals surface area contributed by atoms with Gasteiger partial charge in [-0.25, -0.2) is 0 Å². The highest BCUT2D eigenvalue weighted by molar-refractivity contribution is 6.42. The number of alkyl halides is 3. The number of amides is 1. The average Bonchev–Trinajstić information content (AvgIpc) is 3.23. The standard InChI is InChI=1S/C23H21Cl2F3N2O2/c24-18-11-10-16(12-19(18)25)22(23(26,27)28)13-20(30-32-22)14-6-8-15(9-7-14)21(31)29-17-4-2-1-3-5-17/h6-12,17H,1-5,13H2,(H,29,31). The SMILES string of the molecule is O=C(NC1CCCCC1)c1ccc(C2=NOC(c3ccc(Cl)c(Cl)c3)(C(F)(F)F)C2)cc1. The number of nitrogens with zero attached hydrogens (tertiary/aromatic N) is 1. The molecule has 0 bridgehead atoms. The fraction of sp³-hybridized carbons (Fsp3) is 0.391. The van der Waals surface area contributed by atoms with Crippen LogP contribution in [0.15, 0.2) is 47.6 Å². The lowest BCUT2D eigenvalue weighted by molar-refractivity contribution is -0.275. The zero-order valence-electron chi connectivity index (χ0n) is 17.0. The van der Waals surface area contributed by atoms with Gasteiger partial charge in [-0.1, -0.05) is 65.8 Å². The number of oxime groups is 1. The van der Waals surface area contributed by atoms with Gasteiger partial charge in [0.1, 0.15) is 0 Å². The number of carbonyl (C=O) groups is 1. The van der Waals surface area contributed by atoms with E-state index in [0.29, 0.717) is 11.1 Å². The van der Waals surface area contributed by atoms with Gasteiger partial charge in [-0.3, -0.25) is 4.79 Å². The first kappa shape index (κ1) is 22.9. The van der Waals surface area contributed by atoms with E-state index < -0.39 is 18.2 Å². The molecule has 32 heavy (non-hydrogen) atoms. The van der Waals surface area contributed by atoms with Gasteiger partial charge in [-0.15, -0.1) is 0 Å². The highest BCUT2D eigenvalue weighted by atomic mass is 35.5. The second-order valence-electron chi connectivity index (χ2n) is 8.15. The quantitative estimate of drug-likeness (QED) is 0.528. The van der Waals surface area contributed by atoms with Crippen molar-refractivity contribution in [2.75, 3.05) is 0 Å². The molecule has 4 nitrogen and oxygen atoms in total. The van der Waals surface area contributed by atoms with E-state index >= 15 is 0 Å². The number of hydrogen-bond donors (Lipinski definition) is 1. The number of halogens is 5. The van der Waals surface area contributed by atoms with Gasteiger partial charge in [-0.2, -0.15) is 13.2 Å². The number of carbonyl (C=O) groups excluding carboxylic acids is 1. The molecule has 4 rings (SSSR count). The van der Waals surface area contributed by atoms with Crippen LogP contribution in [0, 0.1) is 0 Å². The highest BCUT2D eigenvalue weighted by Crippen LogP contribution is 2.49. The monoisotopic (exact) mass is 484 g/mol. The van der Waals surface area contributed by atoms with E-state index in [0.717, 1.165) is 31.7 Å². The lowest BCUT2D eigenvalue weighted by Gasteiger charge is -2.29. The van der Waals surface area contributed by atoms with Gasteiger partial charge >= 0.3 is 6.18 Å². The summed E-state index contributed by atoms with van der Waals surface area (Å²) in [6, 6.07) is 10.2. The van der Waals surface area contributed by atoms with E-state index in [1.807, 2.05) is 0 Å². The van der Waals surface area contributed by atoms with Gasteiger partial charge in [-0.05, 0) is 42.7 Å². The van der Waals surface area contributed by atoms with Crippen molar-refractivity contribution >= 4 is 34.8 Å². The van der Waals surface area contributed by atoms with Crippen LogP contribution in [-0.2, 0) is 10.4 Å². The van der Waals surface area contributed by atoms with E-state index in [1.165, 1.54) is 18.6 Å². The van der Waals surface area contributed by atoms with Crippen LogP contribution in [0.5, 0.6) is 0 Å². The summed E-state index contributed by atoms with van der Waals surface area (Å²) in [7, 11) is 0. The van der Waals surface area contributed by atoms with E-state index in [1.54, 1.807) is 24.3 Å². The van der Waals surface area contributed by atoms with E-state index in [4.69, 9.17) is 28.0 Å². The van der Waals surface area contributed by atoms with Gasteiger partial charge in [0, 0.05) is 23.6 Å². The first-order valence-electron chi connectivity index (χ1n) is 10.4. The minimum absolute atomic E-state index is 0.00169. The Morgan fingerprint density at radius 2 is 1.72 bits per heavy atom. The Labute approximate surface area is 193 Å². The summed E-state index contributed by atoms with van der Waals surface area (Å²) in [5.41, 5.74) is -1.81. The molecule has 170 valence electrons. The van der Waals surface area contributed by atoms with Crippen molar-refractivity contribution in [3.8, 4) is 0 Å². The van der Waals surface area contributed by atoms with Gasteiger partial charge in [0.05, 0.1) is 15.8 Å². The Balaban J connectivity index is 1.52. The molecule has 1 aliphatic carbocycles. The molecular weight excluding hydrogens is 464 g/mol. The van der Waals surface area contributed by atoms with Crippen LogP contribution in [-0.4, -0.2) is 23.8 Å². The molecule has 1 atom stereocenters. The van der Waals surface area contributed by atoms with Crippen LogP contribution < -0.4 is 5.32 Å². The lowest BCUT2D eigenvalue weighted by Crippen LogP contribution is -2.42. The summed E-state index contributed by atoms with van der Waals surface area (Å²) in [6.45, 7) is 0. The predicted molar refractivity (Wildman–Crippen MR) is 117 cm³/mol. The molecule has 1 unspecified atom stereocenters. The minimum Gasteiger partial charge on any atom is -0.374 e. The second-order valence-corrected chi connectivity index (χ2v) is 8.96. The van der Waals surface area contributed by atoms with Crippen LogP contribution in [0.4, 0.5) is 13.2 Å². The highest BCUT2D eigenvalue weighted by Gasteiger charge is 2.62. The van der Waals surface area contributed by atoms with E-state index in [9.17, 15) is 18.0 Å². The van der Waals surface area contributed by atoms with Gasteiger partial charge < -0.3 is 10.2 Å². The lowest BCUT2D eigenvalue weighted by atomic mass is 9.86. The Morgan fingerprint density at radius 3 is 2.34 bits per heavy atom. The molecule has 2 aromatic rings. The molecule has 0 spiro atoms. The largest absolute Gasteiger partial charge is 0.435 e. The zero-order chi connectivity index (χ0) is 22.9. The number of nitrogens with one attached hydrogen (secondary N) is 1. The summed E-state index contributed by atoms with van der Waals surface area (Å²) in [5, 5.41) is 6.91. The number of hydrogen-bond acceptors (Lipinski definition) is 3. The number of benzene rings is 2. The Bertz CT molecular complexity index is 1030. The fourth-order valence-electron chi connectivity index (χ4n) is 4.14. The summed E-state index contributed by atoms with van der Waals surface area (Å²) in [6.07, 6.45) is 0.0512. The average molecular weight is 485 g/mol. The van der Waals surface area contributed by atoms with E-state index in [2.05, 4.69) is 10.5 Å². The topological polar surface area (TPSA) is 50.7 Å². The van der Waals surface area contributed by atoms with Crippen molar-refractivity contribution in [3.05, 3.63) is 69.2 Å². The van der Waals surface area contributed by atoms with Crippen LogP contribution in [0.2, 0.25) is 10.0 Å². The molecule has 2 aliphatic rings. The Morgan fingerprint density at radius 1 is 1.03 bits per heavy atom. The van der Waals surface area contributed by atoms with Crippen molar-refractivity contribution in [1.82, 2.24) is 5.32 Å². The molecule has 0 saturated heterocycles. The maximum absolute atomic E-state index is 14.1. The van der Waals surface area contributed by atoms with Gasteiger partial charge in [0.2, 0.25) is 0 Å². The molecular formula is C23H21Cl2F3N2O2. The van der Waals surface area contributed by atoms with Gasteiger partial charge in [0.15, 0.2) is 0 Å². The molecule has 0 aromatic heterocycles. The Hall–Kier alpha value is -2.25. The van der Waals surface area contributed by atoms with Crippen LogP contribution in [0.25, 0.3) is 0 Å². The molecule has 0 radical (unpaired) electrons. The summed E-state index contributed by atoms with van der Waals surface area (Å²) in [5.74, 6) is -0.187. The van der Waals surface area contributed by atoms with E-state index in [-0.39, 0.29) is 33.3 Å². The number of rotatable bonds is 4. The molecule has 2 aromatic carbocycles. The first-order chi connectivity index (χ1) is 15.2. The Kier molecular flexibility index (Phi) is 6.41. The molecule has 1 fully saturated rings. The molecule has 1 saturated carbocycles. The van der Waals surface area contributed by atoms with Crippen LogP contribution >= 0.6 is 23.2 Å². The maximum Gasteiger partial charge on any atom is 0.435 e. The molecule has 9 heteroatoms. The zero-order valence-corrected chi connectivity index (χ0v) is 18.5. The fourth-order valence-corrected chi connectivity index (χ4v) is 4.43. The van der Waals surface area contributed by atoms with Crippen molar-refractivity contribution in [1.29, 1.82) is 0 Å². The van der Waals surface area contributed by atoms with Crippen LogP contribution in [0.1, 0.15) is 60.0 Å². The van der Waals surface area contributed by atoms with Crippen molar-refractivity contribution in [2.45, 2.75) is 56.3 Å². The first-order valence-corrected chi connectivity index (χ1v) is 11.1. The summed E-state index contributed by atoms with van der Waals surface area (Å²) in [4.78, 5) is 17.5. The molecule has 1 aliphatic heterocycles. The molecule has 1 amide bonds. The molecule has 1 N–H and O–H groups in total. The van der Waals surface area contributed by atoms with Crippen molar-refractivity contribution in [3.63, 3.8) is 0 Å². The third kappa shape index (κ3) is 4.46. The maximum atomic E-state index is 14.1. The molecule has 1 heterocycles.